The topological polar surface area (TPSA) is 149 Å². The number of unbranched alkanes of at least 4 members (excludes halogenated alkanes) is 28. The number of allylic oxidation sites excluding steroid dienone is 2. The summed E-state index contributed by atoms with van der Waals surface area (Å²) >= 11 is 0. The molecule has 0 saturated carbocycles. The zero-order chi connectivity index (χ0) is 40.9. The lowest BCUT2D eigenvalue weighted by Gasteiger charge is -2.40. The molecule has 1 rings (SSSR count). The highest BCUT2D eigenvalue weighted by atomic mass is 16.7. The van der Waals surface area contributed by atoms with E-state index < -0.39 is 49.5 Å². The summed E-state index contributed by atoms with van der Waals surface area (Å²) in [6, 6.07) is -0.719. The van der Waals surface area contributed by atoms with Gasteiger partial charge in [-0.2, -0.15) is 0 Å². The van der Waals surface area contributed by atoms with E-state index in [9.17, 15) is 30.3 Å². The Morgan fingerprint density at radius 3 is 1.45 bits per heavy atom. The van der Waals surface area contributed by atoms with E-state index in [-0.39, 0.29) is 12.5 Å². The molecule has 0 aromatic carbocycles. The van der Waals surface area contributed by atoms with Crippen LogP contribution in [0.4, 0.5) is 0 Å². The Kier molecular flexibility index (Phi) is 36.1. The van der Waals surface area contributed by atoms with Crippen LogP contribution in [0, 0.1) is 0 Å². The van der Waals surface area contributed by atoms with Crippen molar-refractivity contribution in [2.75, 3.05) is 13.2 Å². The zero-order valence-corrected chi connectivity index (χ0v) is 36.4. The van der Waals surface area contributed by atoms with Gasteiger partial charge in [0.25, 0.3) is 0 Å². The monoisotopic (exact) mass is 798 g/mol. The highest BCUT2D eigenvalue weighted by molar-refractivity contribution is 5.76. The van der Waals surface area contributed by atoms with Crippen LogP contribution in [0.2, 0.25) is 0 Å². The lowest BCUT2D eigenvalue weighted by atomic mass is 9.99. The number of ether oxygens (including phenoxy) is 2. The predicted octanol–water partition coefficient (Wildman–Crippen LogP) is 10.1. The smallest absolute Gasteiger partial charge is 0.220 e. The first-order valence-electron chi connectivity index (χ1n) is 23.9. The van der Waals surface area contributed by atoms with Gasteiger partial charge in [0.2, 0.25) is 5.91 Å². The average molecular weight is 798 g/mol. The third kappa shape index (κ3) is 28.4. The number of carbonyl (C=O) groups excluding carboxylic acids is 1. The number of rotatable bonds is 40. The molecule has 1 heterocycles. The summed E-state index contributed by atoms with van der Waals surface area (Å²) in [5.74, 6) is -0.151. The predicted molar refractivity (Wildman–Crippen MR) is 231 cm³/mol. The molecular weight excluding hydrogens is 707 g/mol. The first-order valence-corrected chi connectivity index (χ1v) is 23.9. The molecule has 0 spiro atoms. The summed E-state index contributed by atoms with van der Waals surface area (Å²) in [7, 11) is 0. The molecule has 9 heteroatoms. The van der Waals surface area contributed by atoms with Gasteiger partial charge in [-0.1, -0.05) is 193 Å². The molecule has 1 aliphatic rings. The molecular formula is C47H91NO8. The fraction of sp³-hybridized carbons (Fsp3) is 0.936. The maximum Gasteiger partial charge on any atom is 0.220 e. The Morgan fingerprint density at radius 2 is 1.00 bits per heavy atom. The summed E-state index contributed by atoms with van der Waals surface area (Å²) in [4.78, 5) is 13.0. The van der Waals surface area contributed by atoms with Crippen LogP contribution in [0.1, 0.15) is 226 Å². The van der Waals surface area contributed by atoms with E-state index >= 15 is 0 Å². The van der Waals surface area contributed by atoms with Crippen LogP contribution in [0.3, 0.4) is 0 Å². The molecule has 0 radical (unpaired) electrons. The second kappa shape index (κ2) is 38.2. The van der Waals surface area contributed by atoms with Crippen molar-refractivity contribution in [1.29, 1.82) is 0 Å². The minimum Gasteiger partial charge on any atom is -0.394 e. The van der Waals surface area contributed by atoms with Gasteiger partial charge in [0.1, 0.15) is 24.4 Å². The van der Waals surface area contributed by atoms with E-state index in [1.54, 1.807) is 0 Å². The summed E-state index contributed by atoms with van der Waals surface area (Å²) in [6.07, 6.45) is 36.4. The van der Waals surface area contributed by atoms with Gasteiger partial charge in [0.05, 0.1) is 25.4 Å². The molecule has 1 aliphatic heterocycles. The molecule has 1 amide bonds. The molecule has 0 aliphatic carbocycles. The highest BCUT2D eigenvalue weighted by Gasteiger charge is 2.44. The van der Waals surface area contributed by atoms with Crippen LogP contribution >= 0.6 is 0 Å². The maximum atomic E-state index is 13.0. The van der Waals surface area contributed by atoms with E-state index in [4.69, 9.17) is 9.47 Å². The van der Waals surface area contributed by atoms with Crippen molar-refractivity contribution in [3.63, 3.8) is 0 Å². The Labute approximate surface area is 344 Å². The molecule has 6 N–H and O–H groups in total. The van der Waals surface area contributed by atoms with Crippen LogP contribution in [-0.2, 0) is 14.3 Å². The Bertz CT molecular complexity index is 888. The molecule has 1 fully saturated rings. The fourth-order valence-corrected chi connectivity index (χ4v) is 7.74. The van der Waals surface area contributed by atoms with E-state index in [1.807, 2.05) is 0 Å². The molecule has 7 atom stereocenters. The van der Waals surface area contributed by atoms with Gasteiger partial charge in [-0.3, -0.25) is 4.79 Å². The van der Waals surface area contributed by atoms with Gasteiger partial charge in [-0.05, 0) is 38.5 Å². The number of aliphatic hydroxyl groups excluding tert-OH is 5. The van der Waals surface area contributed by atoms with Crippen LogP contribution in [0.25, 0.3) is 0 Å². The van der Waals surface area contributed by atoms with Crippen molar-refractivity contribution in [1.82, 2.24) is 5.32 Å². The molecule has 0 aromatic heterocycles. The van der Waals surface area contributed by atoms with Crippen LogP contribution in [0.5, 0.6) is 0 Å². The highest BCUT2D eigenvalue weighted by Crippen LogP contribution is 2.23. The number of carbonyl (C=O) groups is 1. The first kappa shape index (κ1) is 52.9. The van der Waals surface area contributed by atoms with Crippen LogP contribution in [-0.4, -0.2) is 87.5 Å². The molecule has 1 saturated heterocycles. The maximum absolute atomic E-state index is 13.0. The fourth-order valence-electron chi connectivity index (χ4n) is 7.74. The van der Waals surface area contributed by atoms with Crippen molar-refractivity contribution in [2.24, 2.45) is 0 Å². The second-order valence-electron chi connectivity index (χ2n) is 16.9. The number of amides is 1. The first-order chi connectivity index (χ1) is 27.3. The third-order valence-corrected chi connectivity index (χ3v) is 11.6. The molecule has 332 valence electrons. The third-order valence-electron chi connectivity index (χ3n) is 11.6. The SMILES string of the molecule is CCCCCCCC/C=C\CCCCCCCC(=O)NC(COC1OC(CO)C(O)C(O)C1O)C(O)CCCCCCCCCCCCCCCCCCCC. The lowest BCUT2D eigenvalue weighted by Crippen LogP contribution is -2.60. The molecule has 7 unspecified atom stereocenters. The molecule has 0 bridgehead atoms. The normalized spacial score (nSPS) is 21.2. The second-order valence-corrected chi connectivity index (χ2v) is 16.9. The summed E-state index contributed by atoms with van der Waals surface area (Å²) in [5.41, 5.74) is 0. The van der Waals surface area contributed by atoms with Crippen molar-refractivity contribution >= 4 is 5.91 Å². The quantitative estimate of drug-likeness (QED) is 0.0265. The van der Waals surface area contributed by atoms with Gasteiger partial charge in [0.15, 0.2) is 6.29 Å². The minimum atomic E-state index is -1.55. The van der Waals surface area contributed by atoms with E-state index in [2.05, 4.69) is 31.3 Å². The van der Waals surface area contributed by atoms with Crippen LogP contribution < -0.4 is 5.32 Å². The molecule has 9 nitrogen and oxygen atoms in total. The van der Waals surface area contributed by atoms with E-state index in [0.717, 1.165) is 51.4 Å². The van der Waals surface area contributed by atoms with Crippen molar-refractivity contribution in [3.8, 4) is 0 Å². The van der Waals surface area contributed by atoms with Gasteiger partial charge in [-0.25, -0.2) is 0 Å². The Morgan fingerprint density at radius 1 is 0.589 bits per heavy atom. The number of aliphatic hydroxyl groups is 5. The Balaban J connectivity index is 2.31. The number of hydrogen-bond donors (Lipinski definition) is 6. The lowest BCUT2D eigenvalue weighted by molar-refractivity contribution is -0.302. The van der Waals surface area contributed by atoms with E-state index in [1.165, 1.54) is 148 Å². The molecule has 0 aromatic rings. The minimum absolute atomic E-state index is 0.138. The standard InChI is InChI=1S/C47H91NO8/c1-3-5-7-9-11-13-15-17-19-20-21-23-24-26-28-30-32-34-36-41(50)40(39-55-47-46(54)45(53)44(52)42(38-49)56-47)48-43(51)37-35-33-31-29-27-25-22-18-16-14-12-10-8-6-4-2/h18,22,40-42,44-47,49-50,52-54H,3-17,19-21,23-39H2,1-2H3,(H,48,51)/b22-18-. The van der Waals surface area contributed by atoms with Gasteiger partial charge in [-0.15, -0.1) is 0 Å². The van der Waals surface area contributed by atoms with E-state index in [0.29, 0.717) is 12.8 Å². The molecule has 56 heavy (non-hydrogen) atoms. The van der Waals surface area contributed by atoms with Crippen molar-refractivity contribution in [3.05, 3.63) is 12.2 Å². The summed E-state index contributed by atoms with van der Waals surface area (Å²) < 4.78 is 11.3. The largest absolute Gasteiger partial charge is 0.394 e. The van der Waals surface area contributed by atoms with Crippen molar-refractivity contribution < 1.29 is 39.8 Å². The zero-order valence-electron chi connectivity index (χ0n) is 36.4. The Hall–Kier alpha value is -1.07. The summed E-state index contributed by atoms with van der Waals surface area (Å²) in [6.45, 7) is 3.84. The van der Waals surface area contributed by atoms with Crippen LogP contribution in [0.15, 0.2) is 12.2 Å². The number of nitrogens with one attached hydrogen (secondary N) is 1. The van der Waals surface area contributed by atoms with Gasteiger partial charge >= 0.3 is 0 Å². The van der Waals surface area contributed by atoms with Gasteiger partial charge in [0, 0.05) is 6.42 Å². The van der Waals surface area contributed by atoms with Crippen molar-refractivity contribution in [2.45, 2.75) is 269 Å². The number of hydrogen-bond acceptors (Lipinski definition) is 8. The summed E-state index contributed by atoms with van der Waals surface area (Å²) in [5, 5.41) is 54.4. The average Bonchev–Trinajstić information content (AvgIpc) is 3.20. The van der Waals surface area contributed by atoms with Gasteiger partial charge < -0.3 is 40.3 Å².